The molecule has 2 aromatic rings. The average molecular weight is 395 g/mol. The molecule has 0 unspecified atom stereocenters. The van der Waals surface area contributed by atoms with Gasteiger partial charge in [0.25, 0.3) is 11.6 Å². The van der Waals surface area contributed by atoms with Crippen molar-refractivity contribution in [2.24, 2.45) is 0 Å². The molecule has 0 aliphatic rings. The molecule has 2 N–H and O–H groups in total. The summed E-state index contributed by atoms with van der Waals surface area (Å²) in [5.74, 6) is -2.04. The first-order valence-electron chi connectivity index (χ1n) is 7.79. The lowest BCUT2D eigenvalue weighted by Gasteiger charge is -2.12. The van der Waals surface area contributed by atoms with Gasteiger partial charge < -0.3 is 20.1 Å². The van der Waals surface area contributed by atoms with Crippen molar-refractivity contribution in [1.29, 1.82) is 0 Å². The molecule has 2 aromatic carbocycles. The molecular formula is C17H15F2N3O6. The van der Waals surface area contributed by atoms with Crippen LogP contribution in [0.4, 0.5) is 25.8 Å². The van der Waals surface area contributed by atoms with Gasteiger partial charge in [0.2, 0.25) is 0 Å². The number of nitrogens with zero attached hydrogens (tertiary/aromatic N) is 1. The molecule has 0 heterocycles. The first-order valence-corrected chi connectivity index (χ1v) is 7.79. The summed E-state index contributed by atoms with van der Waals surface area (Å²) >= 11 is 0. The molecule has 11 heteroatoms. The highest BCUT2D eigenvalue weighted by Gasteiger charge is 2.19. The number of rotatable bonds is 8. The molecule has 1 amide bonds. The number of ether oxygens (including phenoxy) is 2. The third-order valence-electron chi connectivity index (χ3n) is 3.41. The fourth-order valence-corrected chi connectivity index (χ4v) is 2.20. The monoisotopic (exact) mass is 395 g/mol. The maximum Gasteiger partial charge on any atom is 0.387 e. The third kappa shape index (κ3) is 5.37. The van der Waals surface area contributed by atoms with E-state index in [0.29, 0.717) is 0 Å². The number of amides is 1. The number of anilines is 2. The van der Waals surface area contributed by atoms with Crippen LogP contribution >= 0.6 is 0 Å². The minimum Gasteiger partial charge on any atom is -0.452 e. The van der Waals surface area contributed by atoms with Crippen molar-refractivity contribution in [2.75, 3.05) is 24.3 Å². The van der Waals surface area contributed by atoms with E-state index >= 15 is 0 Å². The van der Waals surface area contributed by atoms with E-state index in [1.54, 1.807) is 0 Å². The second-order valence-electron chi connectivity index (χ2n) is 5.24. The minimum absolute atomic E-state index is 0.0323. The molecule has 0 aromatic heterocycles. The number of hydrogen-bond donors (Lipinski definition) is 2. The van der Waals surface area contributed by atoms with E-state index in [9.17, 15) is 28.5 Å². The zero-order valence-corrected chi connectivity index (χ0v) is 14.5. The Morgan fingerprint density at radius 1 is 1.18 bits per heavy atom. The molecule has 0 aliphatic carbocycles. The molecule has 0 spiro atoms. The molecule has 0 atom stereocenters. The summed E-state index contributed by atoms with van der Waals surface area (Å²) in [5, 5.41) is 15.8. The van der Waals surface area contributed by atoms with Crippen LogP contribution < -0.4 is 15.4 Å². The molecule has 0 aliphatic heterocycles. The van der Waals surface area contributed by atoms with Gasteiger partial charge in [-0.3, -0.25) is 14.9 Å². The number of nitro groups is 1. The zero-order valence-electron chi connectivity index (χ0n) is 14.5. The van der Waals surface area contributed by atoms with E-state index in [1.165, 1.54) is 43.4 Å². The molecule has 0 radical (unpaired) electrons. The van der Waals surface area contributed by atoms with Crippen LogP contribution in [-0.2, 0) is 9.53 Å². The molecule has 148 valence electrons. The second-order valence-corrected chi connectivity index (χ2v) is 5.24. The fraction of sp³-hybridized carbons (Fsp3) is 0.176. The predicted molar refractivity (Wildman–Crippen MR) is 94.6 cm³/mol. The molecule has 2 rings (SSSR count). The Bertz CT molecular complexity index is 891. The van der Waals surface area contributed by atoms with Gasteiger partial charge in [0.1, 0.15) is 5.75 Å². The molecular weight excluding hydrogens is 380 g/mol. The smallest absolute Gasteiger partial charge is 0.387 e. The molecule has 0 fully saturated rings. The number of carbonyl (C=O) groups excluding carboxylic acids is 2. The summed E-state index contributed by atoms with van der Waals surface area (Å²) in [5.41, 5.74) is -0.221. The Labute approximate surface area is 157 Å². The molecule has 28 heavy (non-hydrogen) atoms. The van der Waals surface area contributed by atoms with Gasteiger partial charge in [0, 0.05) is 24.9 Å². The van der Waals surface area contributed by atoms with Crippen molar-refractivity contribution in [3.8, 4) is 5.75 Å². The van der Waals surface area contributed by atoms with Crippen molar-refractivity contribution in [2.45, 2.75) is 6.61 Å². The Hall–Kier alpha value is -3.76. The number of alkyl halides is 2. The Balaban J connectivity index is 2.05. The van der Waals surface area contributed by atoms with Crippen LogP contribution in [0.5, 0.6) is 5.75 Å². The van der Waals surface area contributed by atoms with Crippen molar-refractivity contribution in [3.05, 3.63) is 58.1 Å². The Morgan fingerprint density at radius 3 is 2.54 bits per heavy atom. The van der Waals surface area contributed by atoms with E-state index in [-0.39, 0.29) is 28.4 Å². The van der Waals surface area contributed by atoms with E-state index in [2.05, 4.69) is 15.4 Å². The van der Waals surface area contributed by atoms with Gasteiger partial charge in [-0.1, -0.05) is 12.1 Å². The number of carbonyl (C=O) groups is 2. The normalized spacial score (nSPS) is 10.3. The average Bonchev–Trinajstić information content (AvgIpc) is 2.66. The van der Waals surface area contributed by atoms with Crippen LogP contribution in [0.1, 0.15) is 10.4 Å². The first kappa shape index (κ1) is 20.6. The number of nitrogens with one attached hydrogen (secondary N) is 2. The van der Waals surface area contributed by atoms with E-state index in [0.717, 1.165) is 6.07 Å². The fourth-order valence-electron chi connectivity index (χ4n) is 2.20. The van der Waals surface area contributed by atoms with Gasteiger partial charge in [-0.15, -0.1) is 0 Å². The van der Waals surface area contributed by atoms with Crippen LogP contribution in [0.25, 0.3) is 0 Å². The van der Waals surface area contributed by atoms with Crippen molar-refractivity contribution in [1.82, 2.24) is 0 Å². The van der Waals surface area contributed by atoms with E-state index in [4.69, 9.17) is 4.74 Å². The quantitative estimate of drug-likeness (QED) is 0.400. The van der Waals surface area contributed by atoms with Gasteiger partial charge >= 0.3 is 12.6 Å². The van der Waals surface area contributed by atoms with Gasteiger partial charge in [-0.05, 0) is 18.2 Å². The van der Waals surface area contributed by atoms with Gasteiger partial charge in [0.15, 0.2) is 6.61 Å². The van der Waals surface area contributed by atoms with Crippen LogP contribution in [0.15, 0.2) is 42.5 Å². The Kier molecular flexibility index (Phi) is 6.79. The SMILES string of the molecule is CNc1ccc([N+](=O)[O-])cc1C(=O)OCC(=O)Nc1ccccc1OC(F)F. The summed E-state index contributed by atoms with van der Waals surface area (Å²) in [7, 11) is 1.50. The summed E-state index contributed by atoms with van der Waals surface area (Å²) < 4.78 is 33.9. The molecule has 9 nitrogen and oxygen atoms in total. The lowest BCUT2D eigenvalue weighted by Crippen LogP contribution is -2.22. The number of nitro benzene ring substituents is 1. The third-order valence-corrected chi connectivity index (χ3v) is 3.41. The van der Waals surface area contributed by atoms with Crippen LogP contribution in [-0.4, -0.2) is 37.1 Å². The second kappa shape index (κ2) is 9.26. The highest BCUT2D eigenvalue weighted by molar-refractivity contribution is 5.99. The summed E-state index contributed by atoms with van der Waals surface area (Å²) in [6.45, 7) is -3.82. The van der Waals surface area contributed by atoms with E-state index < -0.39 is 30.0 Å². The zero-order chi connectivity index (χ0) is 20.7. The van der Waals surface area contributed by atoms with Gasteiger partial charge in [-0.25, -0.2) is 4.79 Å². The number of hydrogen-bond acceptors (Lipinski definition) is 7. The molecule has 0 saturated heterocycles. The highest BCUT2D eigenvalue weighted by atomic mass is 19.3. The number of para-hydroxylation sites is 2. The van der Waals surface area contributed by atoms with Gasteiger partial charge in [0.05, 0.1) is 16.2 Å². The summed E-state index contributed by atoms with van der Waals surface area (Å²) in [6.07, 6.45) is 0. The summed E-state index contributed by atoms with van der Waals surface area (Å²) in [6, 6.07) is 9.03. The number of non-ortho nitro benzene ring substituents is 1. The predicted octanol–water partition coefficient (Wildman–Crippen LogP) is 3.03. The molecule has 0 saturated carbocycles. The lowest BCUT2D eigenvalue weighted by atomic mass is 10.1. The highest BCUT2D eigenvalue weighted by Crippen LogP contribution is 2.26. The van der Waals surface area contributed by atoms with Crippen molar-refractivity contribution < 1.29 is 32.8 Å². The molecule has 0 bridgehead atoms. The van der Waals surface area contributed by atoms with Crippen LogP contribution in [0.2, 0.25) is 0 Å². The van der Waals surface area contributed by atoms with Crippen LogP contribution in [0, 0.1) is 10.1 Å². The number of esters is 1. The first-order chi connectivity index (χ1) is 13.3. The number of halogens is 2. The van der Waals surface area contributed by atoms with Crippen LogP contribution in [0.3, 0.4) is 0 Å². The lowest BCUT2D eigenvalue weighted by molar-refractivity contribution is -0.384. The minimum atomic E-state index is -3.08. The largest absolute Gasteiger partial charge is 0.452 e. The van der Waals surface area contributed by atoms with Gasteiger partial charge in [-0.2, -0.15) is 8.78 Å². The topological polar surface area (TPSA) is 120 Å². The van der Waals surface area contributed by atoms with E-state index in [1.807, 2.05) is 0 Å². The number of benzene rings is 2. The van der Waals surface area contributed by atoms with Crippen molar-refractivity contribution >= 4 is 28.9 Å². The maximum absolute atomic E-state index is 12.4. The Morgan fingerprint density at radius 2 is 1.89 bits per heavy atom. The standard InChI is InChI=1S/C17H15F2N3O6/c1-20-12-7-6-10(22(25)26)8-11(12)16(24)27-9-15(23)21-13-4-2-3-5-14(13)28-17(18)19/h2-8,17,20H,9H2,1H3,(H,21,23). The summed E-state index contributed by atoms with van der Waals surface area (Å²) in [4.78, 5) is 34.3. The maximum atomic E-state index is 12.4. The van der Waals surface area contributed by atoms with Crippen molar-refractivity contribution in [3.63, 3.8) is 0 Å².